The molecule has 1 amide bonds. The number of hydrogen-bond acceptors (Lipinski definition) is 6. The Bertz CT molecular complexity index is 1240. The third kappa shape index (κ3) is 4.97. The molecule has 5 rings (SSSR count). The first kappa shape index (κ1) is 22.2. The Morgan fingerprint density at radius 2 is 1.88 bits per heavy atom. The molecule has 8 nitrogen and oxygen atoms in total. The predicted molar refractivity (Wildman–Crippen MR) is 129 cm³/mol. The highest BCUT2D eigenvalue weighted by Crippen LogP contribution is 2.21. The van der Waals surface area contributed by atoms with Crippen molar-refractivity contribution in [2.45, 2.75) is 25.8 Å². The van der Waals surface area contributed by atoms with Gasteiger partial charge in [0.2, 0.25) is 17.6 Å². The number of fused-ring (bicyclic) bond motifs is 1. The molecule has 0 radical (unpaired) electrons. The van der Waals surface area contributed by atoms with Crippen molar-refractivity contribution in [2.24, 2.45) is 0 Å². The fourth-order valence-corrected chi connectivity index (χ4v) is 4.45. The summed E-state index contributed by atoms with van der Waals surface area (Å²) in [5.41, 5.74) is 3.32. The Hall–Kier alpha value is -3.65. The van der Waals surface area contributed by atoms with Crippen LogP contribution in [0.2, 0.25) is 0 Å². The minimum Gasteiger partial charge on any atom is -0.497 e. The lowest BCUT2D eigenvalue weighted by atomic mass is 10.1. The molecular weight excluding hydrogens is 430 g/mol. The highest BCUT2D eigenvalue weighted by atomic mass is 16.5. The summed E-state index contributed by atoms with van der Waals surface area (Å²) in [6.45, 7) is 3.64. The number of piperazine rings is 1. The van der Waals surface area contributed by atoms with Crippen molar-refractivity contribution in [2.75, 3.05) is 33.3 Å². The van der Waals surface area contributed by atoms with Gasteiger partial charge in [-0.2, -0.15) is 4.98 Å². The summed E-state index contributed by atoms with van der Waals surface area (Å²) in [4.78, 5) is 24.8. The van der Waals surface area contributed by atoms with E-state index in [1.165, 1.54) is 10.9 Å². The molecule has 4 aromatic rings. The van der Waals surface area contributed by atoms with E-state index in [-0.39, 0.29) is 5.91 Å². The van der Waals surface area contributed by atoms with E-state index in [1.54, 1.807) is 7.11 Å². The predicted octanol–water partition coefficient (Wildman–Crippen LogP) is 3.89. The number of aryl methyl sites for hydroxylation is 1. The zero-order valence-corrected chi connectivity index (χ0v) is 19.4. The molecule has 0 unspecified atom stereocenters. The minimum atomic E-state index is 0.235. The van der Waals surface area contributed by atoms with Crippen LogP contribution in [0.15, 0.2) is 59.3 Å². The molecule has 176 valence electrons. The third-order valence-electron chi connectivity index (χ3n) is 6.41. The van der Waals surface area contributed by atoms with Gasteiger partial charge in [0.25, 0.3) is 0 Å². The van der Waals surface area contributed by atoms with Crippen molar-refractivity contribution in [1.82, 2.24) is 24.9 Å². The molecule has 0 saturated carbocycles. The Balaban J connectivity index is 1.07. The van der Waals surface area contributed by atoms with Crippen LogP contribution in [0.3, 0.4) is 0 Å². The smallest absolute Gasteiger partial charge is 0.241 e. The van der Waals surface area contributed by atoms with Gasteiger partial charge in [0, 0.05) is 55.3 Å². The maximum absolute atomic E-state index is 12.7. The van der Waals surface area contributed by atoms with Gasteiger partial charge in [-0.1, -0.05) is 23.4 Å². The second-order valence-corrected chi connectivity index (χ2v) is 8.61. The maximum atomic E-state index is 12.7. The summed E-state index contributed by atoms with van der Waals surface area (Å²) in [7, 11) is 1.64. The molecule has 8 heteroatoms. The van der Waals surface area contributed by atoms with Crippen molar-refractivity contribution in [3.63, 3.8) is 0 Å². The number of carbonyl (C=O) groups is 1. The number of H-pyrrole nitrogens is 1. The van der Waals surface area contributed by atoms with Gasteiger partial charge < -0.3 is 19.1 Å². The number of hydrogen-bond donors (Lipinski definition) is 1. The molecule has 34 heavy (non-hydrogen) atoms. The van der Waals surface area contributed by atoms with E-state index in [0.29, 0.717) is 24.7 Å². The zero-order chi connectivity index (χ0) is 23.3. The lowest BCUT2D eigenvalue weighted by Crippen LogP contribution is -2.48. The van der Waals surface area contributed by atoms with E-state index < -0.39 is 0 Å². The van der Waals surface area contributed by atoms with Gasteiger partial charge in [-0.25, -0.2) is 0 Å². The van der Waals surface area contributed by atoms with Crippen molar-refractivity contribution in [3.05, 3.63) is 66.2 Å². The van der Waals surface area contributed by atoms with Crippen LogP contribution in [0, 0.1) is 0 Å². The van der Waals surface area contributed by atoms with E-state index in [4.69, 9.17) is 9.26 Å². The second kappa shape index (κ2) is 10.1. The fourth-order valence-electron chi connectivity index (χ4n) is 4.45. The van der Waals surface area contributed by atoms with Gasteiger partial charge in [-0.3, -0.25) is 9.69 Å². The molecule has 1 fully saturated rings. The highest BCUT2D eigenvalue weighted by molar-refractivity contribution is 5.83. The first-order chi connectivity index (χ1) is 16.7. The topological polar surface area (TPSA) is 87.5 Å². The Kier molecular flexibility index (Phi) is 6.58. The summed E-state index contributed by atoms with van der Waals surface area (Å²) >= 11 is 0. The SMILES string of the molecule is COc1ccc(-c2noc(CN3CCN(C(=O)CCCc4c[nH]c5ccccc45)CC3)n2)cc1. The van der Waals surface area contributed by atoms with E-state index in [1.807, 2.05) is 35.2 Å². The highest BCUT2D eigenvalue weighted by Gasteiger charge is 2.22. The van der Waals surface area contributed by atoms with Crippen molar-refractivity contribution >= 4 is 16.8 Å². The fraction of sp³-hybridized carbons (Fsp3) is 0.346. The van der Waals surface area contributed by atoms with Crippen molar-refractivity contribution in [1.29, 1.82) is 0 Å². The molecule has 0 aliphatic carbocycles. The molecule has 2 aromatic heterocycles. The number of ether oxygens (including phenoxy) is 1. The van der Waals surface area contributed by atoms with E-state index in [0.717, 1.165) is 55.9 Å². The quantitative estimate of drug-likeness (QED) is 0.430. The molecule has 1 aliphatic heterocycles. The van der Waals surface area contributed by atoms with Crippen LogP contribution in [-0.2, 0) is 17.8 Å². The molecule has 3 heterocycles. The minimum absolute atomic E-state index is 0.235. The number of methoxy groups -OCH3 is 1. The average Bonchev–Trinajstić information content (AvgIpc) is 3.52. The number of aromatic nitrogens is 3. The molecular formula is C26H29N5O3. The van der Waals surface area contributed by atoms with Crippen molar-refractivity contribution in [3.8, 4) is 17.1 Å². The summed E-state index contributed by atoms with van der Waals surface area (Å²) in [6, 6.07) is 15.9. The lowest BCUT2D eigenvalue weighted by molar-refractivity contribution is -0.133. The Labute approximate surface area is 198 Å². The number of carbonyl (C=O) groups excluding carboxylic acids is 1. The largest absolute Gasteiger partial charge is 0.497 e. The molecule has 2 aromatic carbocycles. The van der Waals surface area contributed by atoms with Crippen LogP contribution >= 0.6 is 0 Å². The first-order valence-electron chi connectivity index (χ1n) is 11.7. The molecule has 1 saturated heterocycles. The molecule has 1 aliphatic rings. The number of aromatic amines is 1. The summed E-state index contributed by atoms with van der Waals surface area (Å²) < 4.78 is 10.6. The molecule has 0 spiro atoms. The number of nitrogens with one attached hydrogen (secondary N) is 1. The monoisotopic (exact) mass is 459 g/mol. The van der Waals surface area contributed by atoms with Crippen LogP contribution in [0.25, 0.3) is 22.3 Å². The van der Waals surface area contributed by atoms with E-state index in [2.05, 4.69) is 44.4 Å². The summed E-state index contributed by atoms with van der Waals surface area (Å²) in [5.74, 6) is 2.18. The van der Waals surface area contributed by atoms with Crippen molar-refractivity contribution < 1.29 is 14.1 Å². The summed E-state index contributed by atoms with van der Waals surface area (Å²) in [6.07, 6.45) is 4.40. The average molecular weight is 460 g/mol. The van der Waals surface area contributed by atoms with Crippen LogP contribution in [0.1, 0.15) is 24.3 Å². The molecule has 0 atom stereocenters. The normalized spacial score (nSPS) is 14.6. The summed E-state index contributed by atoms with van der Waals surface area (Å²) in [5, 5.41) is 5.35. The molecule has 1 N–H and O–H groups in total. The second-order valence-electron chi connectivity index (χ2n) is 8.61. The zero-order valence-electron chi connectivity index (χ0n) is 19.4. The number of para-hydroxylation sites is 1. The Morgan fingerprint density at radius 1 is 1.09 bits per heavy atom. The van der Waals surface area contributed by atoms with Gasteiger partial charge >= 0.3 is 0 Å². The van der Waals surface area contributed by atoms with E-state index >= 15 is 0 Å². The van der Waals surface area contributed by atoms with Gasteiger partial charge in [0.1, 0.15) is 5.75 Å². The lowest BCUT2D eigenvalue weighted by Gasteiger charge is -2.34. The first-order valence-corrected chi connectivity index (χ1v) is 11.7. The van der Waals surface area contributed by atoms with Gasteiger partial charge in [0.15, 0.2) is 0 Å². The van der Waals surface area contributed by atoms with E-state index in [9.17, 15) is 4.79 Å². The third-order valence-corrected chi connectivity index (χ3v) is 6.41. The van der Waals surface area contributed by atoms with Crippen LogP contribution < -0.4 is 4.74 Å². The Morgan fingerprint density at radius 3 is 2.68 bits per heavy atom. The number of amides is 1. The van der Waals surface area contributed by atoms with Gasteiger partial charge in [-0.15, -0.1) is 0 Å². The molecule has 0 bridgehead atoms. The van der Waals surface area contributed by atoms with Crippen LogP contribution in [0.4, 0.5) is 0 Å². The number of rotatable bonds is 8. The number of benzene rings is 2. The maximum Gasteiger partial charge on any atom is 0.241 e. The van der Waals surface area contributed by atoms with Crippen LogP contribution in [0.5, 0.6) is 5.75 Å². The van der Waals surface area contributed by atoms with Gasteiger partial charge in [0.05, 0.1) is 13.7 Å². The standard InChI is InChI=1S/C26H29N5O3/c1-33-21-11-9-19(10-12-21)26-28-24(34-29-26)18-30-13-15-31(16-14-30)25(32)8-4-5-20-17-27-23-7-3-2-6-22(20)23/h2-3,6-7,9-12,17,27H,4-5,8,13-16,18H2,1H3. The van der Waals surface area contributed by atoms with Gasteiger partial charge in [-0.05, 0) is 48.7 Å². The number of nitrogens with zero attached hydrogens (tertiary/aromatic N) is 4. The van der Waals surface area contributed by atoms with Crippen LogP contribution in [-0.4, -0.2) is 64.1 Å².